The fourth-order valence-electron chi connectivity index (χ4n) is 3.05. The maximum atomic E-state index is 12.8. The van der Waals surface area contributed by atoms with Crippen LogP contribution >= 0.6 is 0 Å². The smallest absolute Gasteiger partial charge is 0.241 e. The van der Waals surface area contributed by atoms with E-state index in [0.717, 1.165) is 10.6 Å². The van der Waals surface area contributed by atoms with Crippen LogP contribution in [0.15, 0.2) is 36.4 Å². The van der Waals surface area contributed by atoms with E-state index in [-0.39, 0.29) is 5.69 Å². The molecule has 0 aliphatic carbocycles. The molecule has 0 bridgehead atoms. The number of amides is 1. The van der Waals surface area contributed by atoms with E-state index in [4.69, 9.17) is 18.9 Å². The zero-order chi connectivity index (χ0) is 23.2. The van der Waals surface area contributed by atoms with Gasteiger partial charge in [0.1, 0.15) is 29.5 Å². The summed E-state index contributed by atoms with van der Waals surface area (Å²) in [5.74, 6) is 1.40. The number of ether oxygens (including phenoxy) is 4. The van der Waals surface area contributed by atoms with Crippen LogP contribution in [0.2, 0.25) is 0 Å². The molecule has 0 aliphatic heterocycles. The Labute approximate surface area is 182 Å². The van der Waals surface area contributed by atoms with Crippen molar-refractivity contribution in [1.82, 2.24) is 5.32 Å². The molecule has 0 saturated heterocycles. The van der Waals surface area contributed by atoms with Crippen molar-refractivity contribution in [3.8, 4) is 23.0 Å². The summed E-state index contributed by atoms with van der Waals surface area (Å²) in [6.07, 6.45) is 1.02. The number of hydrogen-bond donors (Lipinski definition) is 1. The number of nitrogens with one attached hydrogen (secondary N) is 1. The lowest BCUT2D eigenvalue weighted by atomic mass is 10.1. The first-order chi connectivity index (χ1) is 14.6. The molecule has 2 aromatic rings. The molecule has 0 spiro atoms. The van der Waals surface area contributed by atoms with Crippen LogP contribution in [0.5, 0.6) is 23.0 Å². The Kier molecular flexibility index (Phi) is 7.98. The summed E-state index contributed by atoms with van der Waals surface area (Å²) in [6.45, 7) is 1.32. The molecule has 0 heterocycles. The van der Waals surface area contributed by atoms with E-state index in [1.54, 1.807) is 44.4 Å². The van der Waals surface area contributed by atoms with E-state index in [0.29, 0.717) is 28.6 Å². The monoisotopic (exact) mass is 452 g/mol. The van der Waals surface area contributed by atoms with Crippen LogP contribution in [0.25, 0.3) is 0 Å². The van der Waals surface area contributed by atoms with Crippen LogP contribution in [0.3, 0.4) is 0 Å². The number of carbonyl (C=O) groups is 1. The minimum atomic E-state index is -3.80. The minimum absolute atomic E-state index is 0.200. The Morgan fingerprint density at radius 1 is 0.935 bits per heavy atom. The van der Waals surface area contributed by atoms with Gasteiger partial charge in [-0.15, -0.1) is 0 Å². The average molecular weight is 453 g/mol. The summed E-state index contributed by atoms with van der Waals surface area (Å²) in [7, 11) is 2.15. The molecule has 10 heteroatoms. The van der Waals surface area contributed by atoms with E-state index in [1.165, 1.54) is 27.4 Å². The maximum Gasteiger partial charge on any atom is 0.241 e. The molecule has 1 amide bonds. The highest BCUT2D eigenvalue weighted by Crippen LogP contribution is 2.34. The fourth-order valence-corrected chi connectivity index (χ4v) is 3.90. The zero-order valence-electron chi connectivity index (χ0n) is 18.5. The van der Waals surface area contributed by atoms with Gasteiger partial charge in [-0.3, -0.25) is 9.10 Å². The summed E-state index contributed by atoms with van der Waals surface area (Å²) in [6, 6.07) is 9.49. The second-order valence-corrected chi connectivity index (χ2v) is 8.61. The van der Waals surface area contributed by atoms with Gasteiger partial charge in [-0.2, -0.15) is 0 Å². The van der Waals surface area contributed by atoms with Gasteiger partial charge in [-0.25, -0.2) is 8.42 Å². The van der Waals surface area contributed by atoms with Gasteiger partial charge >= 0.3 is 0 Å². The predicted molar refractivity (Wildman–Crippen MR) is 118 cm³/mol. The first kappa shape index (κ1) is 24.1. The molecule has 2 aromatic carbocycles. The number of hydrogen-bond acceptors (Lipinski definition) is 7. The van der Waals surface area contributed by atoms with Crippen LogP contribution in [0.1, 0.15) is 18.5 Å². The summed E-state index contributed by atoms with van der Waals surface area (Å²) < 4.78 is 47.0. The van der Waals surface area contributed by atoms with Gasteiger partial charge in [0.05, 0.1) is 46.4 Å². The third-order valence-electron chi connectivity index (χ3n) is 4.62. The molecular formula is C21H28N2O7S. The highest BCUT2D eigenvalue weighted by Gasteiger charge is 2.26. The van der Waals surface area contributed by atoms with Crippen molar-refractivity contribution in [3.05, 3.63) is 42.0 Å². The van der Waals surface area contributed by atoms with Crippen LogP contribution < -0.4 is 28.6 Å². The quantitative estimate of drug-likeness (QED) is 0.590. The van der Waals surface area contributed by atoms with Gasteiger partial charge in [0, 0.05) is 11.6 Å². The van der Waals surface area contributed by atoms with Crippen LogP contribution in [-0.2, 0) is 14.8 Å². The second kappa shape index (κ2) is 10.3. The highest BCUT2D eigenvalue weighted by molar-refractivity contribution is 7.92. The van der Waals surface area contributed by atoms with Crippen molar-refractivity contribution in [2.75, 3.05) is 45.5 Å². The Morgan fingerprint density at radius 2 is 1.48 bits per heavy atom. The Morgan fingerprint density at radius 3 is 2.00 bits per heavy atom. The van der Waals surface area contributed by atoms with Crippen LogP contribution in [-0.4, -0.2) is 55.6 Å². The second-order valence-electron chi connectivity index (χ2n) is 6.70. The van der Waals surface area contributed by atoms with Crippen molar-refractivity contribution in [2.24, 2.45) is 0 Å². The number of carbonyl (C=O) groups excluding carboxylic acids is 1. The molecular weight excluding hydrogens is 424 g/mol. The molecule has 0 radical (unpaired) electrons. The van der Waals surface area contributed by atoms with Crippen molar-refractivity contribution in [3.63, 3.8) is 0 Å². The summed E-state index contributed by atoms with van der Waals surface area (Å²) in [4.78, 5) is 12.8. The lowest BCUT2D eigenvalue weighted by Crippen LogP contribution is -2.41. The molecule has 0 saturated carbocycles. The third-order valence-corrected chi connectivity index (χ3v) is 5.75. The fraction of sp³-hybridized carbons (Fsp3) is 0.381. The largest absolute Gasteiger partial charge is 0.497 e. The van der Waals surface area contributed by atoms with E-state index in [1.807, 2.05) is 0 Å². The number of nitrogens with zero attached hydrogens (tertiary/aromatic N) is 1. The third kappa shape index (κ3) is 5.94. The molecule has 0 aromatic heterocycles. The van der Waals surface area contributed by atoms with Crippen molar-refractivity contribution < 1.29 is 32.2 Å². The Bertz CT molecular complexity index is 1020. The SMILES string of the molecule is COc1ccc(OC)c([C@@H](C)NC(=O)CN(c2cc(OC)ccc2OC)S(C)(=O)=O)c1. The Balaban J connectivity index is 2.31. The Hall–Kier alpha value is -3.14. The van der Waals surface area contributed by atoms with Crippen molar-refractivity contribution >= 4 is 21.6 Å². The summed E-state index contributed by atoms with van der Waals surface area (Å²) in [5, 5.41) is 2.81. The summed E-state index contributed by atoms with van der Waals surface area (Å²) >= 11 is 0. The number of sulfonamides is 1. The normalized spacial score (nSPS) is 11.9. The van der Waals surface area contributed by atoms with Crippen molar-refractivity contribution in [2.45, 2.75) is 13.0 Å². The standard InChI is InChI=1S/C21H28N2O7S/c1-14(17-11-15(27-2)7-9-19(17)29-4)22-21(24)13-23(31(6,25)26)18-12-16(28-3)8-10-20(18)30-5/h7-12,14H,13H2,1-6H3,(H,22,24)/t14-/m1/s1. The van der Waals surface area contributed by atoms with E-state index < -0.39 is 28.5 Å². The van der Waals surface area contributed by atoms with Crippen LogP contribution in [0.4, 0.5) is 5.69 Å². The van der Waals surface area contributed by atoms with Gasteiger partial charge in [0.2, 0.25) is 15.9 Å². The van der Waals surface area contributed by atoms with Gasteiger partial charge in [-0.1, -0.05) is 0 Å². The summed E-state index contributed by atoms with van der Waals surface area (Å²) in [5.41, 5.74) is 0.895. The van der Waals surface area contributed by atoms with Crippen LogP contribution in [0, 0.1) is 0 Å². The lowest BCUT2D eigenvalue weighted by Gasteiger charge is -2.25. The van der Waals surface area contributed by atoms with Gasteiger partial charge in [0.15, 0.2) is 0 Å². The van der Waals surface area contributed by atoms with E-state index in [2.05, 4.69) is 5.32 Å². The van der Waals surface area contributed by atoms with Gasteiger partial charge in [-0.05, 0) is 37.3 Å². The van der Waals surface area contributed by atoms with E-state index >= 15 is 0 Å². The maximum absolute atomic E-state index is 12.8. The van der Waals surface area contributed by atoms with Gasteiger partial charge < -0.3 is 24.3 Å². The average Bonchev–Trinajstić information content (AvgIpc) is 2.75. The first-order valence-electron chi connectivity index (χ1n) is 9.35. The molecule has 0 unspecified atom stereocenters. The lowest BCUT2D eigenvalue weighted by molar-refractivity contribution is -0.120. The molecule has 1 N–H and O–H groups in total. The zero-order valence-corrected chi connectivity index (χ0v) is 19.3. The molecule has 170 valence electrons. The number of rotatable bonds is 10. The molecule has 31 heavy (non-hydrogen) atoms. The molecule has 9 nitrogen and oxygen atoms in total. The highest BCUT2D eigenvalue weighted by atomic mass is 32.2. The topological polar surface area (TPSA) is 103 Å². The van der Waals surface area contributed by atoms with Gasteiger partial charge in [0.25, 0.3) is 0 Å². The molecule has 0 fully saturated rings. The number of anilines is 1. The minimum Gasteiger partial charge on any atom is -0.497 e. The van der Waals surface area contributed by atoms with E-state index in [9.17, 15) is 13.2 Å². The predicted octanol–water partition coefficient (Wildman–Crippen LogP) is 2.36. The first-order valence-corrected chi connectivity index (χ1v) is 11.2. The van der Waals surface area contributed by atoms with Crippen molar-refractivity contribution in [1.29, 1.82) is 0 Å². The molecule has 2 rings (SSSR count). The number of methoxy groups -OCH3 is 4. The number of benzene rings is 2. The molecule has 0 aliphatic rings. The molecule has 1 atom stereocenters.